The highest BCUT2D eigenvalue weighted by molar-refractivity contribution is 5.28. The molecule has 2 N–H and O–H groups in total. The monoisotopic (exact) mass is 234 g/mol. The third kappa shape index (κ3) is 3.20. The van der Waals surface area contributed by atoms with Crippen LogP contribution in [0.25, 0.3) is 0 Å². The van der Waals surface area contributed by atoms with E-state index in [2.05, 4.69) is 29.3 Å². The van der Waals surface area contributed by atoms with Crippen molar-refractivity contribution in [1.29, 1.82) is 0 Å². The molecule has 17 heavy (non-hydrogen) atoms. The molecule has 0 radical (unpaired) electrons. The van der Waals surface area contributed by atoms with E-state index in [4.69, 9.17) is 0 Å². The molecule has 1 aliphatic heterocycles. The lowest BCUT2D eigenvalue weighted by molar-refractivity contribution is 0.164. The van der Waals surface area contributed by atoms with E-state index in [1.165, 1.54) is 18.4 Å². The molecule has 1 atom stereocenters. The molecule has 1 aliphatic rings. The summed E-state index contributed by atoms with van der Waals surface area (Å²) >= 11 is 0. The van der Waals surface area contributed by atoms with E-state index in [1.54, 1.807) is 12.1 Å². The van der Waals surface area contributed by atoms with Crippen LogP contribution >= 0.6 is 0 Å². The van der Waals surface area contributed by atoms with Crippen molar-refractivity contribution in [2.24, 2.45) is 0 Å². The molecule has 0 aromatic heterocycles. The molecular formula is C14H22N2O. The minimum Gasteiger partial charge on any atom is -0.508 e. The first-order valence-corrected chi connectivity index (χ1v) is 6.55. The van der Waals surface area contributed by atoms with Crippen LogP contribution in [0.4, 0.5) is 0 Å². The van der Waals surface area contributed by atoms with Crippen molar-refractivity contribution in [2.45, 2.75) is 25.8 Å². The van der Waals surface area contributed by atoms with Crippen LogP contribution in [0.3, 0.4) is 0 Å². The number of nitrogens with zero attached hydrogens (tertiary/aromatic N) is 1. The summed E-state index contributed by atoms with van der Waals surface area (Å²) < 4.78 is 0. The Balaban J connectivity index is 2.12. The van der Waals surface area contributed by atoms with Crippen LogP contribution < -0.4 is 5.32 Å². The molecular weight excluding hydrogens is 212 g/mol. The van der Waals surface area contributed by atoms with Gasteiger partial charge in [0.15, 0.2) is 0 Å². The van der Waals surface area contributed by atoms with Crippen molar-refractivity contribution in [1.82, 2.24) is 10.2 Å². The topological polar surface area (TPSA) is 35.5 Å². The number of phenolic OH excluding ortho intramolecular Hbond substituents is 1. The minimum absolute atomic E-state index is 0.351. The Kier molecular flexibility index (Phi) is 4.40. The molecule has 0 spiro atoms. The quantitative estimate of drug-likeness (QED) is 0.838. The maximum Gasteiger partial charge on any atom is 0.115 e. The van der Waals surface area contributed by atoms with E-state index >= 15 is 0 Å². The first kappa shape index (κ1) is 12.4. The molecule has 3 nitrogen and oxygen atoms in total. The van der Waals surface area contributed by atoms with E-state index in [1.807, 2.05) is 0 Å². The molecule has 2 rings (SSSR count). The number of nitrogens with one attached hydrogen (secondary N) is 1. The summed E-state index contributed by atoms with van der Waals surface area (Å²) in [6.45, 7) is 6.63. The molecule has 1 aromatic carbocycles. The van der Waals surface area contributed by atoms with Crippen molar-refractivity contribution in [3.63, 3.8) is 0 Å². The van der Waals surface area contributed by atoms with Gasteiger partial charge in [0.1, 0.15) is 5.75 Å². The molecule has 1 aromatic rings. The first-order chi connectivity index (χ1) is 8.31. The highest BCUT2D eigenvalue weighted by Gasteiger charge is 2.21. The zero-order valence-corrected chi connectivity index (χ0v) is 10.5. The predicted molar refractivity (Wildman–Crippen MR) is 70.2 cm³/mol. The number of hydrogen-bond acceptors (Lipinski definition) is 3. The Hall–Kier alpha value is -1.06. The average Bonchev–Trinajstić information content (AvgIpc) is 2.38. The van der Waals surface area contributed by atoms with Crippen molar-refractivity contribution in [2.75, 3.05) is 26.2 Å². The van der Waals surface area contributed by atoms with Crippen LogP contribution in [-0.4, -0.2) is 36.2 Å². The minimum atomic E-state index is 0.351. The molecule has 0 bridgehead atoms. The van der Waals surface area contributed by atoms with E-state index in [0.717, 1.165) is 26.2 Å². The highest BCUT2D eigenvalue weighted by Crippen LogP contribution is 2.27. The van der Waals surface area contributed by atoms with Gasteiger partial charge in [0.2, 0.25) is 0 Å². The van der Waals surface area contributed by atoms with E-state index in [9.17, 15) is 5.11 Å². The maximum atomic E-state index is 9.36. The van der Waals surface area contributed by atoms with Gasteiger partial charge in [-0.05, 0) is 24.1 Å². The highest BCUT2D eigenvalue weighted by atomic mass is 16.3. The van der Waals surface area contributed by atoms with Gasteiger partial charge in [-0.25, -0.2) is 0 Å². The van der Waals surface area contributed by atoms with Crippen LogP contribution in [0.5, 0.6) is 5.75 Å². The summed E-state index contributed by atoms with van der Waals surface area (Å²) in [5.74, 6) is 0.351. The van der Waals surface area contributed by atoms with Gasteiger partial charge in [-0.15, -0.1) is 0 Å². The predicted octanol–water partition coefficient (Wildman–Crippen LogP) is 2.14. The van der Waals surface area contributed by atoms with Crippen molar-refractivity contribution in [3.8, 4) is 5.75 Å². The van der Waals surface area contributed by atoms with Crippen LogP contribution in [-0.2, 0) is 0 Å². The Morgan fingerprint density at radius 1 is 1.24 bits per heavy atom. The summed E-state index contributed by atoms with van der Waals surface area (Å²) in [6, 6.07) is 8.19. The smallest absolute Gasteiger partial charge is 0.115 e. The second-order valence-corrected chi connectivity index (χ2v) is 4.68. The number of phenols is 1. The molecule has 1 heterocycles. The molecule has 3 heteroatoms. The van der Waals surface area contributed by atoms with Crippen LogP contribution in [0.2, 0.25) is 0 Å². The van der Waals surface area contributed by atoms with E-state index in [-0.39, 0.29) is 0 Å². The number of rotatable bonds is 4. The fourth-order valence-electron chi connectivity index (χ4n) is 2.52. The second kappa shape index (κ2) is 6.03. The van der Waals surface area contributed by atoms with Crippen molar-refractivity contribution in [3.05, 3.63) is 29.8 Å². The fraction of sp³-hybridized carbons (Fsp3) is 0.571. The van der Waals surface area contributed by atoms with Crippen LogP contribution in [0, 0.1) is 0 Å². The lowest BCUT2D eigenvalue weighted by atomic mass is 10.00. The zero-order chi connectivity index (χ0) is 12.1. The third-order valence-electron chi connectivity index (χ3n) is 3.43. The van der Waals surface area contributed by atoms with Crippen LogP contribution in [0.15, 0.2) is 24.3 Å². The van der Waals surface area contributed by atoms with Crippen LogP contribution in [0.1, 0.15) is 31.4 Å². The van der Waals surface area contributed by atoms with Crippen molar-refractivity contribution < 1.29 is 5.11 Å². The van der Waals surface area contributed by atoms with Gasteiger partial charge in [-0.2, -0.15) is 0 Å². The number of benzene rings is 1. The van der Waals surface area contributed by atoms with Gasteiger partial charge in [-0.1, -0.05) is 25.5 Å². The van der Waals surface area contributed by atoms with Gasteiger partial charge < -0.3 is 10.4 Å². The standard InChI is InChI=1S/C14H22N2O/c1-2-3-14(16-10-8-15-9-11-16)12-4-6-13(17)7-5-12/h4-7,14-15,17H,2-3,8-11H2,1H3/t14-/m1/s1. The summed E-state index contributed by atoms with van der Waals surface area (Å²) in [7, 11) is 0. The summed E-state index contributed by atoms with van der Waals surface area (Å²) in [5.41, 5.74) is 1.33. The van der Waals surface area contributed by atoms with E-state index < -0.39 is 0 Å². The maximum absolute atomic E-state index is 9.36. The van der Waals surface area contributed by atoms with Gasteiger partial charge in [0, 0.05) is 32.2 Å². The number of piperazine rings is 1. The molecule has 0 saturated carbocycles. The number of aromatic hydroxyl groups is 1. The first-order valence-electron chi connectivity index (χ1n) is 6.55. The molecule has 0 unspecified atom stereocenters. The average molecular weight is 234 g/mol. The molecule has 1 saturated heterocycles. The largest absolute Gasteiger partial charge is 0.508 e. The van der Waals surface area contributed by atoms with Crippen molar-refractivity contribution >= 4 is 0 Å². The Morgan fingerprint density at radius 2 is 1.88 bits per heavy atom. The third-order valence-corrected chi connectivity index (χ3v) is 3.43. The fourth-order valence-corrected chi connectivity index (χ4v) is 2.52. The molecule has 0 aliphatic carbocycles. The molecule has 1 fully saturated rings. The second-order valence-electron chi connectivity index (χ2n) is 4.68. The normalized spacial score (nSPS) is 19.1. The lowest BCUT2D eigenvalue weighted by Gasteiger charge is -2.35. The SMILES string of the molecule is CCC[C@H](c1ccc(O)cc1)N1CCNCC1. The van der Waals surface area contributed by atoms with Gasteiger partial charge in [-0.3, -0.25) is 4.90 Å². The van der Waals surface area contributed by atoms with Gasteiger partial charge in [0.25, 0.3) is 0 Å². The summed E-state index contributed by atoms with van der Waals surface area (Å²) in [5, 5.41) is 12.7. The number of hydrogen-bond donors (Lipinski definition) is 2. The van der Waals surface area contributed by atoms with E-state index in [0.29, 0.717) is 11.8 Å². The van der Waals surface area contributed by atoms with Gasteiger partial charge in [0.05, 0.1) is 0 Å². The Labute approximate surface area is 103 Å². The molecule has 94 valence electrons. The summed E-state index contributed by atoms with van der Waals surface area (Å²) in [6.07, 6.45) is 2.38. The lowest BCUT2D eigenvalue weighted by Crippen LogP contribution is -2.45. The summed E-state index contributed by atoms with van der Waals surface area (Å²) in [4.78, 5) is 2.55. The van der Waals surface area contributed by atoms with Gasteiger partial charge >= 0.3 is 0 Å². The Bertz CT molecular complexity index is 331. The zero-order valence-electron chi connectivity index (χ0n) is 10.5. The Morgan fingerprint density at radius 3 is 2.47 bits per heavy atom. The molecule has 0 amide bonds.